The zero-order valence-corrected chi connectivity index (χ0v) is 16.0. The van der Waals surface area contributed by atoms with Crippen LogP contribution in [-0.2, 0) is 11.0 Å². The summed E-state index contributed by atoms with van der Waals surface area (Å²) < 4.78 is 50.3. The average Bonchev–Trinajstić information content (AvgIpc) is 2.87. The molecule has 156 valence electrons. The molecule has 1 aromatic carbocycles. The van der Waals surface area contributed by atoms with Gasteiger partial charge in [0.1, 0.15) is 17.3 Å². The third-order valence-corrected chi connectivity index (χ3v) is 4.24. The number of nitrogens with zero attached hydrogens (tertiary/aromatic N) is 3. The normalized spacial score (nSPS) is 17.3. The van der Waals surface area contributed by atoms with Crippen molar-refractivity contribution in [3.8, 4) is 17.5 Å². The molecule has 0 saturated carbocycles. The van der Waals surface area contributed by atoms with Crippen molar-refractivity contribution in [2.24, 2.45) is 0 Å². The highest BCUT2D eigenvalue weighted by atomic mass is 19.4. The number of carbonyl (C=O) groups is 1. The Morgan fingerprint density at radius 2 is 1.79 bits per heavy atom. The van der Waals surface area contributed by atoms with Gasteiger partial charge < -0.3 is 19.7 Å². The van der Waals surface area contributed by atoms with E-state index < -0.39 is 24.0 Å². The molecule has 2 aromatic rings. The number of anilines is 1. The van der Waals surface area contributed by atoms with Crippen molar-refractivity contribution in [1.29, 1.82) is 0 Å². The molecular formula is C19H21F3N4O3. The smallest absolute Gasteiger partial charge is 0.433 e. The van der Waals surface area contributed by atoms with Gasteiger partial charge in [-0.15, -0.1) is 0 Å². The summed E-state index contributed by atoms with van der Waals surface area (Å²) in [6, 6.07) is 6.62. The summed E-state index contributed by atoms with van der Waals surface area (Å²) in [5.41, 5.74) is -1.09. The number of rotatable bonds is 5. The minimum atomic E-state index is -4.62. The van der Waals surface area contributed by atoms with Crippen LogP contribution in [0.2, 0.25) is 0 Å². The molecule has 1 amide bonds. The summed E-state index contributed by atoms with van der Waals surface area (Å²) in [5, 5.41) is 2.79. The molecule has 0 bridgehead atoms. The lowest BCUT2D eigenvalue weighted by Gasteiger charge is -2.16. The highest BCUT2D eigenvalue weighted by Crippen LogP contribution is 2.32. The number of nitrogens with one attached hydrogen (secondary N) is 1. The second-order valence-corrected chi connectivity index (χ2v) is 6.75. The average molecular weight is 410 g/mol. The van der Waals surface area contributed by atoms with Gasteiger partial charge in [0.25, 0.3) is 5.91 Å². The topological polar surface area (TPSA) is 76.6 Å². The largest absolute Gasteiger partial charge is 0.481 e. The standard InChI is InChI=1S/C19H21F3N4O3/c1-26(2)16-11-15(19(20,21)22)24-18(25-16)29-13-8-6-12(7-9-13)28-14-5-3-4-10-23-17(14)27/h6-9,11,14H,3-5,10H2,1-2H3,(H,23,27). The summed E-state index contributed by atoms with van der Waals surface area (Å²) in [7, 11) is 3.14. The fraction of sp³-hybridized carbons (Fsp3) is 0.421. The van der Waals surface area contributed by atoms with Gasteiger partial charge in [-0.1, -0.05) is 0 Å². The van der Waals surface area contributed by atoms with Crippen LogP contribution in [0.15, 0.2) is 30.3 Å². The number of halogens is 3. The maximum atomic E-state index is 13.1. The first-order chi connectivity index (χ1) is 13.7. The molecule has 1 unspecified atom stereocenters. The van der Waals surface area contributed by atoms with Gasteiger partial charge >= 0.3 is 12.2 Å². The fourth-order valence-corrected chi connectivity index (χ4v) is 2.71. The maximum absolute atomic E-state index is 13.1. The molecule has 1 aromatic heterocycles. The minimum Gasteiger partial charge on any atom is -0.481 e. The number of ether oxygens (including phenoxy) is 2. The quantitative estimate of drug-likeness (QED) is 0.814. The van der Waals surface area contributed by atoms with Gasteiger partial charge in [-0.25, -0.2) is 0 Å². The van der Waals surface area contributed by atoms with E-state index in [0.717, 1.165) is 18.9 Å². The second kappa shape index (κ2) is 8.54. The van der Waals surface area contributed by atoms with Crippen molar-refractivity contribution in [1.82, 2.24) is 15.3 Å². The fourth-order valence-electron chi connectivity index (χ4n) is 2.71. The Balaban J connectivity index is 1.74. The van der Waals surface area contributed by atoms with Gasteiger partial charge in [0.2, 0.25) is 0 Å². The molecule has 7 nitrogen and oxygen atoms in total. The Kier molecular flexibility index (Phi) is 6.09. The molecule has 0 radical (unpaired) electrons. The van der Waals surface area contributed by atoms with Crippen LogP contribution in [0.25, 0.3) is 0 Å². The van der Waals surface area contributed by atoms with Crippen molar-refractivity contribution in [2.45, 2.75) is 31.5 Å². The first kappa shape index (κ1) is 20.7. The van der Waals surface area contributed by atoms with E-state index in [0.29, 0.717) is 18.7 Å². The van der Waals surface area contributed by atoms with Crippen LogP contribution in [0.1, 0.15) is 25.0 Å². The zero-order chi connectivity index (χ0) is 21.0. The monoisotopic (exact) mass is 410 g/mol. The zero-order valence-electron chi connectivity index (χ0n) is 16.0. The lowest BCUT2D eigenvalue weighted by molar-refractivity contribution is -0.141. The van der Waals surface area contributed by atoms with E-state index in [1.807, 2.05) is 0 Å². The Hall–Kier alpha value is -3.04. The van der Waals surface area contributed by atoms with Gasteiger partial charge in [-0.3, -0.25) is 4.79 Å². The van der Waals surface area contributed by atoms with Crippen LogP contribution in [0, 0.1) is 0 Å². The van der Waals surface area contributed by atoms with Gasteiger partial charge in [-0.05, 0) is 43.5 Å². The van der Waals surface area contributed by atoms with E-state index >= 15 is 0 Å². The second-order valence-electron chi connectivity index (χ2n) is 6.75. The molecule has 1 aliphatic rings. The molecule has 0 spiro atoms. The van der Waals surface area contributed by atoms with Crippen LogP contribution in [0.3, 0.4) is 0 Å². The maximum Gasteiger partial charge on any atom is 0.433 e. The highest BCUT2D eigenvalue weighted by Gasteiger charge is 2.34. The van der Waals surface area contributed by atoms with Crippen LogP contribution in [0.5, 0.6) is 17.5 Å². The number of aromatic nitrogens is 2. The predicted molar refractivity (Wildman–Crippen MR) is 99.2 cm³/mol. The Morgan fingerprint density at radius 3 is 2.45 bits per heavy atom. The Bertz CT molecular complexity index is 857. The first-order valence-corrected chi connectivity index (χ1v) is 9.08. The third-order valence-electron chi connectivity index (χ3n) is 4.24. The van der Waals surface area contributed by atoms with Crippen LogP contribution in [0.4, 0.5) is 19.0 Å². The van der Waals surface area contributed by atoms with Gasteiger partial charge in [-0.2, -0.15) is 23.1 Å². The van der Waals surface area contributed by atoms with Gasteiger partial charge in [0, 0.05) is 26.7 Å². The molecular weight excluding hydrogens is 389 g/mol. The van der Waals surface area contributed by atoms with E-state index in [1.54, 1.807) is 26.2 Å². The molecule has 10 heteroatoms. The van der Waals surface area contributed by atoms with Crippen molar-refractivity contribution in [3.05, 3.63) is 36.0 Å². The molecule has 0 aliphatic carbocycles. The summed E-state index contributed by atoms with van der Waals surface area (Å²) in [5.74, 6) is 0.614. The molecule has 3 rings (SSSR count). The molecule has 1 fully saturated rings. The van der Waals surface area contributed by atoms with E-state index in [1.165, 1.54) is 17.0 Å². The van der Waals surface area contributed by atoms with E-state index in [-0.39, 0.29) is 17.5 Å². The van der Waals surface area contributed by atoms with Crippen molar-refractivity contribution >= 4 is 11.7 Å². The van der Waals surface area contributed by atoms with Crippen molar-refractivity contribution < 1.29 is 27.4 Å². The van der Waals surface area contributed by atoms with E-state index in [2.05, 4.69) is 15.3 Å². The number of benzene rings is 1. The molecule has 1 saturated heterocycles. The number of hydrogen-bond acceptors (Lipinski definition) is 6. The summed E-state index contributed by atoms with van der Waals surface area (Å²) in [4.78, 5) is 20.8. The predicted octanol–water partition coefficient (Wildman–Crippen LogP) is 3.40. The molecule has 1 N–H and O–H groups in total. The summed E-state index contributed by atoms with van der Waals surface area (Å²) >= 11 is 0. The molecule has 2 heterocycles. The van der Waals surface area contributed by atoms with Crippen LogP contribution < -0.4 is 19.7 Å². The van der Waals surface area contributed by atoms with Crippen molar-refractivity contribution in [2.75, 3.05) is 25.5 Å². The molecule has 1 atom stereocenters. The SMILES string of the molecule is CN(C)c1cc(C(F)(F)F)nc(Oc2ccc(OC3CCCCNC3=O)cc2)n1. The number of hydrogen-bond donors (Lipinski definition) is 1. The molecule has 29 heavy (non-hydrogen) atoms. The van der Waals surface area contributed by atoms with E-state index in [9.17, 15) is 18.0 Å². The van der Waals surface area contributed by atoms with Gasteiger partial charge in [0.15, 0.2) is 11.8 Å². The van der Waals surface area contributed by atoms with E-state index in [4.69, 9.17) is 9.47 Å². The number of amides is 1. The minimum absolute atomic E-state index is 0.0710. The summed E-state index contributed by atoms with van der Waals surface area (Å²) in [6.07, 6.45) is -2.78. The lowest BCUT2D eigenvalue weighted by Crippen LogP contribution is -2.36. The highest BCUT2D eigenvalue weighted by molar-refractivity contribution is 5.81. The third kappa shape index (κ3) is 5.49. The number of alkyl halides is 3. The Labute approximate surface area is 165 Å². The Morgan fingerprint density at radius 1 is 1.10 bits per heavy atom. The molecule has 1 aliphatic heterocycles. The summed E-state index contributed by atoms with van der Waals surface area (Å²) in [6.45, 7) is 0.636. The van der Waals surface area contributed by atoms with Gasteiger partial charge in [0.05, 0.1) is 0 Å². The van der Waals surface area contributed by atoms with Crippen LogP contribution in [-0.4, -0.2) is 42.6 Å². The lowest BCUT2D eigenvalue weighted by atomic mass is 10.2. The van der Waals surface area contributed by atoms with Crippen molar-refractivity contribution in [3.63, 3.8) is 0 Å². The first-order valence-electron chi connectivity index (χ1n) is 9.08. The number of carbonyl (C=O) groups excluding carboxylic acids is 1. The van der Waals surface area contributed by atoms with Crippen LogP contribution >= 0.6 is 0 Å².